The van der Waals surface area contributed by atoms with Gasteiger partial charge in [-0.1, -0.05) is 6.42 Å². The zero-order valence-corrected chi connectivity index (χ0v) is 20.9. The van der Waals surface area contributed by atoms with Crippen LogP contribution in [-0.2, 0) is 11.3 Å². The van der Waals surface area contributed by atoms with E-state index in [-0.39, 0.29) is 11.8 Å². The predicted molar refractivity (Wildman–Crippen MR) is 135 cm³/mol. The second-order valence-electron chi connectivity index (χ2n) is 9.29. The standard InChI is InChI=1S/C26H32N4O3S/c1-16-23-22(15-34-16)28-24(18-5-4-6-18)29-25(23)30-9-7-19(8-10-30)26(31)27-14-17-11-20(32-2)13-21(12-17)33-3/h11-13,15,18-19H,4-10,14H2,1-3H3,(H,27,31). The predicted octanol–water partition coefficient (Wildman–Crippen LogP) is 4.82. The first-order valence-corrected chi connectivity index (χ1v) is 12.9. The topological polar surface area (TPSA) is 76.6 Å². The lowest BCUT2D eigenvalue weighted by Gasteiger charge is -2.33. The number of amides is 1. The number of thiophene rings is 1. The average Bonchev–Trinajstić information content (AvgIpc) is 3.21. The summed E-state index contributed by atoms with van der Waals surface area (Å²) >= 11 is 1.75. The van der Waals surface area contributed by atoms with Crippen LogP contribution in [0.2, 0.25) is 0 Å². The van der Waals surface area contributed by atoms with Crippen LogP contribution in [0.1, 0.15) is 54.3 Å². The zero-order chi connectivity index (χ0) is 23.7. The molecule has 1 N–H and O–H groups in total. The normalized spacial score (nSPS) is 17.0. The lowest BCUT2D eigenvalue weighted by atomic mass is 9.85. The smallest absolute Gasteiger partial charge is 0.223 e. The van der Waals surface area contributed by atoms with Crippen molar-refractivity contribution in [2.75, 3.05) is 32.2 Å². The molecule has 1 aromatic carbocycles. The van der Waals surface area contributed by atoms with Gasteiger partial charge in [0, 0.05) is 47.8 Å². The molecule has 8 heteroatoms. The number of aromatic nitrogens is 2. The Labute approximate surface area is 204 Å². The Bertz CT molecular complexity index is 1160. The molecular formula is C26H32N4O3S. The highest BCUT2D eigenvalue weighted by atomic mass is 32.1. The SMILES string of the molecule is COc1cc(CNC(=O)C2CCN(c3nc(C4CCC4)nc4csc(C)c34)CC2)cc(OC)c1. The average molecular weight is 481 g/mol. The number of benzene rings is 1. The largest absolute Gasteiger partial charge is 0.497 e. The molecule has 1 aliphatic heterocycles. The van der Waals surface area contributed by atoms with E-state index < -0.39 is 0 Å². The van der Waals surface area contributed by atoms with Gasteiger partial charge in [0.2, 0.25) is 5.91 Å². The maximum Gasteiger partial charge on any atom is 0.223 e. The molecule has 1 aliphatic carbocycles. The summed E-state index contributed by atoms with van der Waals surface area (Å²) < 4.78 is 10.7. The van der Waals surface area contributed by atoms with Crippen LogP contribution in [0, 0.1) is 12.8 Å². The van der Waals surface area contributed by atoms with Crippen molar-refractivity contribution < 1.29 is 14.3 Å². The number of carbonyl (C=O) groups excluding carboxylic acids is 1. The zero-order valence-electron chi connectivity index (χ0n) is 20.1. The number of hydrogen-bond donors (Lipinski definition) is 1. The molecule has 1 amide bonds. The van der Waals surface area contributed by atoms with Gasteiger partial charge >= 0.3 is 0 Å². The minimum Gasteiger partial charge on any atom is -0.497 e. The quantitative estimate of drug-likeness (QED) is 0.523. The molecule has 0 unspecified atom stereocenters. The van der Waals surface area contributed by atoms with Gasteiger partial charge in [-0.3, -0.25) is 4.79 Å². The molecular weight excluding hydrogens is 448 g/mol. The van der Waals surface area contributed by atoms with E-state index in [0.717, 1.165) is 60.2 Å². The summed E-state index contributed by atoms with van der Waals surface area (Å²) in [6.45, 7) is 4.27. The van der Waals surface area contributed by atoms with E-state index in [2.05, 4.69) is 22.5 Å². The Morgan fingerprint density at radius 1 is 1.09 bits per heavy atom. The van der Waals surface area contributed by atoms with Crippen molar-refractivity contribution in [1.29, 1.82) is 0 Å². The fourth-order valence-corrected chi connectivity index (χ4v) is 5.62. The van der Waals surface area contributed by atoms with E-state index in [1.807, 2.05) is 18.2 Å². The summed E-state index contributed by atoms with van der Waals surface area (Å²) in [5.74, 6) is 4.12. The highest BCUT2D eigenvalue weighted by Crippen LogP contribution is 2.39. The molecule has 0 radical (unpaired) electrons. The van der Waals surface area contributed by atoms with Crippen LogP contribution in [0.5, 0.6) is 11.5 Å². The summed E-state index contributed by atoms with van der Waals surface area (Å²) in [4.78, 5) is 26.5. The molecule has 3 aromatic rings. The van der Waals surface area contributed by atoms with Gasteiger partial charge in [-0.05, 0) is 50.3 Å². The molecule has 7 nitrogen and oxygen atoms in total. The number of fused-ring (bicyclic) bond motifs is 1. The molecule has 0 spiro atoms. The van der Waals surface area contributed by atoms with Gasteiger partial charge in [-0.2, -0.15) is 0 Å². The Morgan fingerprint density at radius 2 is 1.79 bits per heavy atom. The van der Waals surface area contributed by atoms with Crippen LogP contribution in [0.15, 0.2) is 23.6 Å². The fraction of sp³-hybridized carbons (Fsp3) is 0.500. The molecule has 2 fully saturated rings. The summed E-state index contributed by atoms with van der Waals surface area (Å²) in [6.07, 6.45) is 5.29. The van der Waals surface area contributed by atoms with Crippen LogP contribution in [0.4, 0.5) is 5.82 Å². The molecule has 2 aliphatic rings. The van der Waals surface area contributed by atoms with Crippen molar-refractivity contribution in [2.45, 2.75) is 51.5 Å². The third-order valence-corrected chi connectivity index (χ3v) is 8.05. The van der Waals surface area contributed by atoms with Crippen molar-refractivity contribution in [1.82, 2.24) is 15.3 Å². The third-order valence-electron chi connectivity index (χ3n) is 7.15. The van der Waals surface area contributed by atoms with Crippen LogP contribution in [0.25, 0.3) is 10.9 Å². The molecule has 1 saturated heterocycles. The number of aryl methyl sites for hydroxylation is 1. The number of hydrogen-bond acceptors (Lipinski definition) is 7. The Balaban J connectivity index is 1.24. The van der Waals surface area contributed by atoms with Crippen molar-refractivity contribution in [3.63, 3.8) is 0 Å². The summed E-state index contributed by atoms with van der Waals surface area (Å²) in [7, 11) is 3.26. The number of ether oxygens (including phenoxy) is 2. The molecule has 2 aromatic heterocycles. The molecule has 180 valence electrons. The van der Waals surface area contributed by atoms with Gasteiger partial charge < -0.3 is 19.7 Å². The fourth-order valence-electron chi connectivity index (χ4n) is 4.84. The van der Waals surface area contributed by atoms with Crippen LogP contribution in [0.3, 0.4) is 0 Å². The Kier molecular flexibility index (Phi) is 6.59. The molecule has 3 heterocycles. The number of methoxy groups -OCH3 is 2. The number of carbonyl (C=O) groups is 1. The van der Waals surface area contributed by atoms with Crippen LogP contribution in [-0.4, -0.2) is 43.2 Å². The van der Waals surface area contributed by atoms with Gasteiger partial charge in [0.1, 0.15) is 23.1 Å². The maximum absolute atomic E-state index is 12.9. The first kappa shape index (κ1) is 22.9. The summed E-state index contributed by atoms with van der Waals surface area (Å²) in [6, 6.07) is 5.68. The highest BCUT2D eigenvalue weighted by molar-refractivity contribution is 7.11. The lowest BCUT2D eigenvalue weighted by molar-refractivity contribution is -0.125. The Hall–Kier alpha value is -2.87. The maximum atomic E-state index is 12.9. The number of piperidine rings is 1. The van der Waals surface area contributed by atoms with Crippen LogP contribution >= 0.6 is 11.3 Å². The third kappa shape index (κ3) is 4.56. The van der Waals surface area contributed by atoms with E-state index in [1.54, 1.807) is 25.6 Å². The molecule has 0 bridgehead atoms. The van der Waals surface area contributed by atoms with Crippen molar-refractivity contribution in [2.24, 2.45) is 5.92 Å². The summed E-state index contributed by atoms with van der Waals surface area (Å²) in [5, 5.41) is 6.45. The first-order chi connectivity index (χ1) is 16.6. The van der Waals surface area contributed by atoms with E-state index in [4.69, 9.17) is 19.4 Å². The van der Waals surface area contributed by atoms with Gasteiger partial charge in [0.25, 0.3) is 0 Å². The minimum absolute atomic E-state index is 0.00996. The highest BCUT2D eigenvalue weighted by Gasteiger charge is 2.29. The molecule has 5 rings (SSSR count). The summed E-state index contributed by atoms with van der Waals surface area (Å²) in [5.41, 5.74) is 2.03. The number of nitrogens with one attached hydrogen (secondary N) is 1. The van der Waals surface area contributed by atoms with E-state index in [9.17, 15) is 4.79 Å². The van der Waals surface area contributed by atoms with Crippen LogP contribution < -0.4 is 19.7 Å². The lowest BCUT2D eigenvalue weighted by Crippen LogP contribution is -2.41. The van der Waals surface area contributed by atoms with Crippen molar-refractivity contribution >= 4 is 34.0 Å². The van der Waals surface area contributed by atoms with Crippen molar-refractivity contribution in [3.8, 4) is 11.5 Å². The van der Waals surface area contributed by atoms with Gasteiger partial charge in [0.05, 0.1) is 25.1 Å². The van der Waals surface area contributed by atoms with Crippen molar-refractivity contribution in [3.05, 3.63) is 39.8 Å². The van der Waals surface area contributed by atoms with Gasteiger partial charge in [-0.25, -0.2) is 9.97 Å². The minimum atomic E-state index is 0.00996. The second-order valence-corrected chi connectivity index (χ2v) is 10.4. The number of rotatable bonds is 7. The van der Waals surface area contributed by atoms with Gasteiger partial charge in [0.15, 0.2) is 0 Å². The molecule has 34 heavy (non-hydrogen) atoms. The molecule has 1 saturated carbocycles. The second kappa shape index (κ2) is 9.78. The molecule has 0 atom stereocenters. The Morgan fingerprint density at radius 3 is 2.41 bits per heavy atom. The van der Waals surface area contributed by atoms with Gasteiger partial charge in [-0.15, -0.1) is 11.3 Å². The van der Waals surface area contributed by atoms with E-state index in [0.29, 0.717) is 12.5 Å². The van der Waals surface area contributed by atoms with E-state index >= 15 is 0 Å². The first-order valence-electron chi connectivity index (χ1n) is 12.1. The number of anilines is 1. The van der Waals surface area contributed by atoms with E-state index in [1.165, 1.54) is 29.5 Å². The monoisotopic (exact) mass is 480 g/mol. The number of nitrogens with zero attached hydrogens (tertiary/aromatic N) is 3.